The maximum absolute atomic E-state index is 12.4. The fraction of sp³-hybridized carbons (Fsp3) is 0.450. The van der Waals surface area contributed by atoms with Gasteiger partial charge in [-0.15, -0.1) is 0 Å². The largest absolute Gasteiger partial charge is 0.464 e. The summed E-state index contributed by atoms with van der Waals surface area (Å²) in [5.74, 6) is 2.04. The minimum absolute atomic E-state index is 0.0351. The Labute approximate surface area is 149 Å². The highest BCUT2D eigenvalue weighted by atomic mass is 16.5. The summed E-state index contributed by atoms with van der Waals surface area (Å²) in [5.41, 5.74) is 1.18. The normalized spacial score (nSPS) is 18.3. The molecular formula is C20H26N2O3. The van der Waals surface area contributed by atoms with Crippen molar-refractivity contribution in [1.82, 2.24) is 10.2 Å². The van der Waals surface area contributed by atoms with E-state index >= 15 is 0 Å². The smallest absolute Gasteiger partial charge is 0.317 e. The Morgan fingerprint density at radius 1 is 1.32 bits per heavy atom. The van der Waals surface area contributed by atoms with Gasteiger partial charge >= 0.3 is 6.03 Å². The first-order valence-corrected chi connectivity index (χ1v) is 8.85. The molecular weight excluding hydrogens is 316 g/mol. The summed E-state index contributed by atoms with van der Waals surface area (Å²) in [4.78, 5) is 14.3. The zero-order valence-electron chi connectivity index (χ0n) is 14.9. The van der Waals surface area contributed by atoms with Gasteiger partial charge in [0.15, 0.2) is 0 Å². The molecule has 134 valence electrons. The number of hydrogen-bond acceptors (Lipinski definition) is 3. The molecule has 1 fully saturated rings. The van der Waals surface area contributed by atoms with Crippen LogP contribution in [0.25, 0.3) is 0 Å². The SMILES string of the molecule is Cc1ccc(C(C)NC(=O)N2CCC(COCc3ccccc3)C2)o1. The van der Waals surface area contributed by atoms with Crippen LogP contribution in [-0.4, -0.2) is 30.6 Å². The number of ether oxygens (including phenoxy) is 1. The quantitative estimate of drug-likeness (QED) is 0.866. The average molecular weight is 342 g/mol. The lowest BCUT2D eigenvalue weighted by Crippen LogP contribution is -2.39. The van der Waals surface area contributed by atoms with Gasteiger partial charge in [-0.2, -0.15) is 0 Å². The number of likely N-dealkylation sites (tertiary alicyclic amines) is 1. The average Bonchev–Trinajstić information content (AvgIpc) is 3.25. The molecule has 2 aromatic rings. The first-order chi connectivity index (χ1) is 12.1. The number of carbonyl (C=O) groups is 1. The third-order valence-electron chi connectivity index (χ3n) is 4.57. The summed E-state index contributed by atoms with van der Waals surface area (Å²) in [5, 5.41) is 3.01. The molecule has 0 radical (unpaired) electrons. The van der Waals surface area contributed by atoms with E-state index in [9.17, 15) is 4.79 Å². The van der Waals surface area contributed by atoms with Crippen molar-refractivity contribution in [3.63, 3.8) is 0 Å². The number of nitrogens with one attached hydrogen (secondary N) is 1. The number of aryl methyl sites for hydroxylation is 1. The fourth-order valence-electron chi connectivity index (χ4n) is 3.10. The van der Waals surface area contributed by atoms with Crippen molar-refractivity contribution < 1.29 is 13.9 Å². The lowest BCUT2D eigenvalue weighted by molar-refractivity contribution is 0.0896. The second kappa shape index (κ2) is 8.21. The van der Waals surface area contributed by atoms with Crippen molar-refractivity contribution in [2.24, 2.45) is 5.92 Å². The monoisotopic (exact) mass is 342 g/mol. The molecule has 25 heavy (non-hydrogen) atoms. The molecule has 2 heterocycles. The van der Waals surface area contributed by atoms with Crippen molar-refractivity contribution in [3.05, 3.63) is 59.5 Å². The summed E-state index contributed by atoms with van der Waals surface area (Å²) >= 11 is 0. The predicted molar refractivity (Wildman–Crippen MR) is 96.2 cm³/mol. The van der Waals surface area contributed by atoms with Gasteiger partial charge in [0, 0.05) is 19.0 Å². The number of carbonyl (C=O) groups excluding carboxylic acids is 1. The van der Waals surface area contributed by atoms with E-state index in [1.165, 1.54) is 5.56 Å². The van der Waals surface area contributed by atoms with E-state index in [1.54, 1.807) is 0 Å². The van der Waals surface area contributed by atoms with E-state index in [-0.39, 0.29) is 12.1 Å². The number of hydrogen-bond donors (Lipinski definition) is 1. The summed E-state index contributed by atoms with van der Waals surface area (Å²) in [6.07, 6.45) is 0.983. The molecule has 0 bridgehead atoms. The van der Waals surface area contributed by atoms with Crippen LogP contribution in [0.2, 0.25) is 0 Å². The Balaban J connectivity index is 1.40. The maximum Gasteiger partial charge on any atom is 0.317 e. The molecule has 0 saturated carbocycles. The van der Waals surface area contributed by atoms with Gasteiger partial charge in [-0.05, 0) is 38.0 Å². The highest BCUT2D eigenvalue weighted by molar-refractivity contribution is 5.74. The zero-order valence-corrected chi connectivity index (χ0v) is 14.9. The molecule has 2 unspecified atom stereocenters. The predicted octanol–water partition coefficient (Wildman–Crippen LogP) is 3.90. The molecule has 1 aliphatic heterocycles. The van der Waals surface area contributed by atoms with Crippen LogP contribution in [0.4, 0.5) is 4.79 Å². The van der Waals surface area contributed by atoms with Crippen molar-refractivity contribution in [3.8, 4) is 0 Å². The van der Waals surface area contributed by atoms with Gasteiger partial charge in [0.25, 0.3) is 0 Å². The van der Waals surface area contributed by atoms with Crippen molar-refractivity contribution in [2.45, 2.75) is 32.9 Å². The molecule has 1 aromatic heterocycles. The molecule has 2 amide bonds. The van der Waals surface area contributed by atoms with E-state index < -0.39 is 0 Å². The third-order valence-corrected chi connectivity index (χ3v) is 4.57. The molecule has 0 spiro atoms. The lowest BCUT2D eigenvalue weighted by Gasteiger charge is -2.20. The van der Waals surface area contributed by atoms with Crippen LogP contribution in [0.15, 0.2) is 46.9 Å². The van der Waals surface area contributed by atoms with E-state index in [0.29, 0.717) is 19.1 Å². The first-order valence-electron chi connectivity index (χ1n) is 8.85. The molecule has 1 aliphatic rings. The van der Waals surface area contributed by atoms with Crippen LogP contribution >= 0.6 is 0 Å². The van der Waals surface area contributed by atoms with Gasteiger partial charge in [-0.1, -0.05) is 30.3 Å². The van der Waals surface area contributed by atoms with Gasteiger partial charge < -0.3 is 19.4 Å². The van der Waals surface area contributed by atoms with E-state index in [0.717, 1.165) is 31.0 Å². The van der Waals surface area contributed by atoms with Crippen LogP contribution in [0, 0.1) is 12.8 Å². The number of benzene rings is 1. The fourth-order valence-corrected chi connectivity index (χ4v) is 3.10. The standard InChI is InChI=1S/C20H26N2O3/c1-15-8-9-19(25-15)16(2)21-20(23)22-11-10-18(12-22)14-24-13-17-6-4-3-5-7-17/h3-9,16,18H,10-14H2,1-2H3,(H,21,23). The summed E-state index contributed by atoms with van der Waals surface area (Å²) in [7, 11) is 0. The zero-order chi connectivity index (χ0) is 17.6. The highest BCUT2D eigenvalue weighted by Crippen LogP contribution is 2.20. The van der Waals surface area contributed by atoms with Gasteiger partial charge in [-0.25, -0.2) is 4.79 Å². The van der Waals surface area contributed by atoms with E-state index in [1.807, 2.05) is 49.1 Å². The second-order valence-corrected chi connectivity index (χ2v) is 6.72. The van der Waals surface area contributed by atoms with E-state index in [4.69, 9.17) is 9.15 Å². The first kappa shape index (κ1) is 17.5. The molecule has 1 aromatic carbocycles. The molecule has 2 atom stereocenters. The molecule has 1 saturated heterocycles. The number of rotatable bonds is 6. The topological polar surface area (TPSA) is 54.7 Å². The number of nitrogens with zero attached hydrogens (tertiary/aromatic N) is 1. The Morgan fingerprint density at radius 2 is 2.12 bits per heavy atom. The van der Waals surface area contributed by atoms with Crippen molar-refractivity contribution in [2.75, 3.05) is 19.7 Å². The highest BCUT2D eigenvalue weighted by Gasteiger charge is 2.27. The van der Waals surface area contributed by atoms with Crippen LogP contribution in [0.1, 0.15) is 36.5 Å². The summed E-state index contributed by atoms with van der Waals surface area (Å²) < 4.78 is 11.4. The van der Waals surface area contributed by atoms with Gasteiger partial charge in [0.05, 0.1) is 19.3 Å². The minimum Gasteiger partial charge on any atom is -0.464 e. The molecule has 3 rings (SSSR count). The van der Waals surface area contributed by atoms with Crippen molar-refractivity contribution >= 4 is 6.03 Å². The van der Waals surface area contributed by atoms with Crippen LogP contribution in [0.3, 0.4) is 0 Å². The third kappa shape index (κ3) is 4.86. The minimum atomic E-state index is -0.130. The second-order valence-electron chi connectivity index (χ2n) is 6.72. The Hall–Kier alpha value is -2.27. The lowest BCUT2D eigenvalue weighted by atomic mass is 10.1. The van der Waals surface area contributed by atoms with E-state index in [2.05, 4.69) is 17.4 Å². The van der Waals surface area contributed by atoms with Gasteiger partial charge in [-0.3, -0.25) is 0 Å². The number of amides is 2. The molecule has 5 nitrogen and oxygen atoms in total. The van der Waals surface area contributed by atoms with Crippen LogP contribution in [0.5, 0.6) is 0 Å². The summed E-state index contributed by atoms with van der Waals surface area (Å²) in [6, 6.07) is 13.8. The van der Waals surface area contributed by atoms with Crippen LogP contribution < -0.4 is 5.32 Å². The summed E-state index contributed by atoms with van der Waals surface area (Å²) in [6.45, 7) is 6.66. The van der Waals surface area contributed by atoms with Gasteiger partial charge in [0.2, 0.25) is 0 Å². The Morgan fingerprint density at radius 3 is 2.84 bits per heavy atom. The maximum atomic E-state index is 12.4. The number of furan rings is 1. The van der Waals surface area contributed by atoms with Gasteiger partial charge in [0.1, 0.15) is 11.5 Å². The molecule has 0 aliphatic carbocycles. The van der Waals surface area contributed by atoms with Crippen LogP contribution in [-0.2, 0) is 11.3 Å². The Bertz CT molecular complexity index is 683. The molecule has 5 heteroatoms. The number of urea groups is 1. The Kier molecular flexibility index (Phi) is 5.76. The molecule has 1 N–H and O–H groups in total. The van der Waals surface area contributed by atoms with Crippen molar-refractivity contribution in [1.29, 1.82) is 0 Å².